The molecular formula is C14H23N3OS. The molecule has 0 bridgehead atoms. The number of nitrogens with two attached hydrogens (primary N) is 1. The quantitative estimate of drug-likeness (QED) is 0.892. The molecule has 1 heterocycles. The van der Waals surface area contributed by atoms with E-state index in [0.717, 1.165) is 12.8 Å². The van der Waals surface area contributed by atoms with Gasteiger partial charge in [-0.1, -0.05) is 0 Å². The number of anilines is 1. The number of nitrogens with one attached hydrogen (secondary N) is 1. The van der Waals surface area contributed by atoms with Crippen LogP contribution in [-0.4, -0.2) is 28.0 Å². The second-order valence-electron chi connectivity index (χ2n) is 5.50. The summed E-state index contributed by atoms with van der Waals surface area (Å²) < 4.78 is 1.94. The Labute approximate surface area is 119 Å². The average Bonchev–Trinajstić information content (AvgIpc) is 2.95. The van der Waals surface area contributed by atoms with Crippen molar-refractivity contribution in [3.63, 3.8) is 0 Å². The Morgan fingerprint density at radius 3 is 2.84 bits per heavy atom. The van der Waals surface area contributed by atoms with Crippen LogP contribution in [-0.2, 0) is 0 Å². The number of nitrogens with zero attached hydrogens (tertiary/aromatic N) is 1. The van der Waals surface area contributed by atoms with Crippen LogP contribution in [0.25, 0.3) is 0 Å². The van der Waals surface area contributed by atoms with Crippen LogP contribution in [0.15, 0.2) is 12.3 Å². The van der Waals surface area contributed by atoms with Gasteiger partial charge in [-0.2, -0.15) is 11.8 Å². The van der Waals surface area contributed by atoms with E-state index in [0.29, 0.717) is 22.7 Å². The second kappa shape index (κ2) is 5.90. The van der Waals surface area contributed by atoms with Crippen molar-refractivity contribution in [2.45, 2.75) is 50.4 Å². The number of carbonyl (C=O) groups excluding carboxylic acids is 1. The first kappa shape index (κ1) is 14.3. The Balaban J connectivity index is 2.04. The predicted octanol–water partition coefficient (Wildman–Crippen LogP) is 2.67. The van der Waals surface area contributed by atoms with Crippen molar-refractivity contribution in [2.75, 3.05) is 12.0 Å². The van der Waals surface area contributed by atoms with Crippen molar-refractivity contribution in [1.29, 1.82) is 0 Å². The molecule has 5 heteroatoms. The number of rotatable bonds is 4. The SMILES string of the molecule is CSC1CCC(NC(=O)c2cc(N)cn2C(C)C)C1. The van der Waals surface area contributed by atoms with Crippen molar-refractivity contribution in [2.24, 2.45) is 0 Å². The maximum atomic E-state index is 12.3. The summed E-state index contributed by atoms with van der Waals surface area (Å²) in [6, 6.07) is 2.30. The number of carbonyl (C=O) groups is 1. The van der Waals surface area contributed by atoms with Gasteiger partial charge in [0.2, 0.25) is 0 Å². The Hall–Kier alpha value is -1.10. The molecule has 1 aromatic rings. The summed E-state index contributed by atoms with van der Waals surface area (Å²) in [5.41, 5.74) is 7.11. The van der Waals surface area contributed by atoms with Crippen molar-refractivity contribution in [3.8, 4) is 0 Å². The van der Waals surface area contributed by atoms with Gasteiger partial charge in [0.25, 0.3) is 5.91 Å². The maximum absolute atomic E-state index is 12.3. The van der Waals surface area contributed by atoms with Crippen LogP contribution in [0.3, 0.4) is 0 Å². The highest BCUT2D eigenvalue weighted by atomic mass is 32.2. The number of hydrogen-bond acceptors (Lipinski definition) is 3. The third kappa shape index (κ3) is 3.26. The molecule has 4 nitrogen and oxygen atoms in total. The van der Waals surface area contributed by atoms with Gasteiger partial charge in [0, 0.05) is 23.5 Å². The third-order valence-corrected chi connectivity index (χ3v) is 4.81. The summed E-state index contributed by atoms with van der Waals surface area (Å²) in [7, 11) is 0. The Morgan fingerprint density at radius 2 is 2.26 bits per heavy atom. The molecule has 106 valence electrons. The summed E-state index contributed by atoms with van der Waals surface area (Å²) in [6.07, 6.45) is 7.32. The van der Waals surface area contributed by atoms with Gasteiger partial charge in [-0.25, -0.2) is 0 Å². The Bertz CT molecular complexity index is 456. The van der Waals surface area contributed by atoms with E-state index in [1.54, 1.807) is 6.07 Å². The molecule has 19 heavy (non-hydrogen) atoms. The third-order valence-electron chi connectivity index (χ3n) is 3.71. The number of thioether (sulfide) groups is 1. The molecule has 0 radical (unpaired) electrons. The molecule has 1 saturated carbocycles. The summed E-state index contributed by atoms with van der Waals surface area (Å²) in [6.45, 7) is 4.10. The highest BCUT2D eigenvalue weighted by Gasteiger charge is 2.26. The molecule has 1 aliphatic carbocycles. The molecule has 1 fully saturated rings. The first-order chi connectivity index (χ1) is 9.01. The zero-order valence-corrected chi connectivity index (χ0v) is 12.7. The van der Waals surface area contributed by atoms with E-state index in [1.165, 1.54) is 6.42 Å². The Morgan fingerprint density at radius 1 is 1.53 bits per heavy atom. The zero-order chi connectivity index (χ0) is 14.0. The zero-order valence-electron chi connectivity index (χ0n) is 11.8. The van der Waals surface area contributed by atoms with E-state index in [-0.39, 0.29) is 11.9 Å². The molecule has 0 spiro atoms. The largest absolute Gasteiger partial charge is 0.397 e. The van der Waals surface area contributed by atoms with E-state index in [4.69, 9.17) is 5.73 Å². The van der Waals surface area contributed by atoms with Crippen LogP contribution in [0.4, 0.5) is 5.69 Å². The van der Waals surface area contributed by atoms with Gasteiger partial charge >= 0.3 is 0 Å². The topological polar surface area (TPSA) is 60.1 Å². The van der Waals surface area contributed by atoms with E-state index in [9.17, 15) is 4.79 Å². The molecule has 2 rings (SSSR count). The summed E-state index contributed by atoms with van der Waals surface area (Å²) in [5.74, 6) is -0.00264. The lowest BCUT2D eigenvalue weighted by atomic mass is 10.2. The van der Waals surface area contributed by atoms with E-state index in [1.807, 2.05) is 22.5 Å². The minimum absolute atomic E-state index is 0.00264. The van der Waals surface area contributed by atoms with Crippen LogP contribution >= 0.6 is 11.8 Å². The van der Waals surface area contributed by atoms with Gasteiger partial charge < -0.3 is 15.6 Å². The number of aromatic nitrogens is 1. The monoisotopic (exact) mass is 281 g/mol. The fourth-order valence-electron chi connectivity index (χ4n) is 2.65. The van der Waals surface area contributed by atoms with Crippen LogP contribution in [0.5, 0.6) is 0 Å². The molecule has 2 atom stereocenters. The van der Waals surface area contributed by atoms with Gasteiger partial charge in [0.05, 0.1) is 5.69 Å². The lowest BCUT2D eigenvalue weighted by Crippen LogP contribution is -2.34. The Kier molecular flexibility index (Phi) is 4.45. The molecule has 0 saturated heterocycles. The van der Waals surface area contributed by atoms with Gasteiger partial charge in [0.1, 0.15) is 5.69 Å². The molecule has 3 N–H and O–H groups in total. The molecule has 2 unspecified atom stereocenters. The van der Waals surface area contributed by atoms with E-state index in [2.05, 4.69) is 25.4 Å². The van der Waals surface area contributed by atoms with Crippen molar-refractivity contribution >= 4 is 23.4 Å². The summed E-state index contributed by atoms with van der Waals surface area (Å²) in [4.78, 5) is 12.3. The van der Waals surface area contributed by atoms with Crippen LogP contribution in [0.2, 0.25) is 0 Å². The molecule has 1 aliphatic rings. The van der Waals surface area contributed by atoms with Gasteiger partial charge in [-0.3, -0.25) is 4.79 Å². The van der Waals surface area contributed by atoms with Gasteiger partial charge in [0.15, 0.2) is 0 Å². The lowest BCUT2D eigenvalue weighted by molar-refractivity contribution is 0.0927. The number of hydrogen-bond donors (Lipinski definition) is 2. The van der Waals surface area contributed by atoms with Crippen LogP contribution < -0.4 is 11.1 Å². The molecule has 0 aromatic carbocycles. The molecule has 1 amide bonds. The molecule has 0 aliphatic heterocycles. The first-order valence-corrected chi connectivity index (χ1v) is 8.11. The van der Waals surface area contributed by atoms with E-state index < -0.39 is 0 Å². The lowest BCUT2D eigenvalue weighted by Gasteiger charge is -2.16. The summed E-state index contributed by atoms with van der Waals surface area (Å²) >= 11 is 1.89. The van der Waals surface area contributed by atoms with Crippen LogP contribution in [0.1, 0.15) is 49.6 Å². The smallest absolute Gasteiger partial charge is 0.268 e. The standard InChI is InChI=1S/C14H23N3OS/c1-9(2)17-8-10(15)6-13(17)14(18)16-11-4-5-12(7-11)19-3/h6,8-9,11-12H,4-5,7,15H2,1-3H3,(H,16,18). The van der Waals surface area contributed by atoms with Crippen molar-refractivity contribution in [3.05, 3.63) is 18.0 Å². The normalized spacial score (nSPS) is 22.9. The fourth-order valence-corrected chi connectivity index (χ4v) is 3.45. The maximum Gasteiger partial charge on any atom is 0.268 e. The summed E-state index contributed by atoms with van der Waals surface area (Å²) in [5, 5.41) is 3.83. The van der Waals surface area contributed by atoms with Crippen molar-refractivity contribution < 1.29 is 4.79 Å². The molecule has 1 aromatic heterocycles. The van der Waals surface area contributed by atoms with Gasteiger partial charge in [-0.05, 0) is 45.4 Å². The predicted molar refractivity (Wildman–Crippen MR) is 81.6 cm³/mol. The highest BCUT2D eigenvalue weighted by molar-refractivity contribution is 7.99. The highest BCUT2D eigenvalue weighted by Crippen LogP contribution is 2.28. The number of nitrogen functional groups attached to an aromatic ring is 1. The fraction of sp³-hybridized carbons (Fsp3) is 0.643. The van der Waals surface area contributed by atoms with E-state index >= 15 is 0 Å². The molecular weight excluding hydrogens is 258 g/mol. The number of amides is 1. The second-order valence-corrected chi connectivity index (χ2v) is 6.64. The average molecular weight is 281 g/mol. The van der Waals surface area contributed by atoms with Crippen molar-refractivity contribution in [1.82, 2.24) is 9.88 Å². The van der Waals surface area contributed by atoms with Gasteiger partial charge in [-0.15, -0.1) is 0 Å². The minimum Gasteiger partial charge on any atom is -0.397 e. The minimum atomic E-state index is -0.00264. The van der Waals surface area contributed by atoms with Crippen LogP contribution in [0, 0.1) is 0 Å². The first-order valence-electron chi connectivity index (χ1n) is 6.82.